The van der Waals surface area contributed by atoms with Crippen LogP contribution in [0.1, 0.15) is 50.7 Å². The number of nitrogens with zero attached hydrogens (tertiary/aromatic N) is 3. The summed E-state index contributed by atoms with van der Waals surface area (Å²) in [4.78, 5) is 10.2. The number of phenolic OH excluding ortho intramolecular Hbond substituents is 1. The zero-order valence-corrected chi connectivity index (χ0v) is 25.5. The number of phenols is 1. The number of fused-ring (bicyclic) bond motifs is 2. The molecule has 216 valence electrons. The molecule has 0 atom stereocenters. The van der Waals surface area contributed by atoms with Crippen LogP contribution in [0.3, 0.4) is 0 Å². The van der Waals surface area contributed by atoms with Crippen molar-refractivity contribution in [2.45, 2.75) is 39.5 Å². The summed E-state index contributed by atoms with van der Waals surface area (Å²) in [7, 11) is 0. The zero-order valence-electron chi connectivity index (χ0n) is 25.5. The van der Waals surface area contributed by atoms with E-state index >= 15 is 0 Å². The second-order valence-electron chi connectivity index (χ2n) is 12.1. The highest BCUT2D eigenvalue weighted by Crippen LogP contribution is 2.40. The Morgan fingerprint density at radius 2 is 1.27 bits per heavy atom. The van der Waals surface area contributed by atoms with Gasteiger partial charge in [-0.25, -0.2) is 4.98 Å². The van der Waals surface area contributed by atoms with Crippen LogP contribution in [0, 0.1) is 0 Å². The minimum atomic E-state index is 0.207. The molecular formula is C40H35N3O. The van der Waals surface area contributed by atoms with Crippen LogP contribution in [-0.4, -0.2) is 19.6 Å². The lowest BCUT2D eigenvalue weighted by Crippen LogP contribution is -2.07. The molecule has 0 aliphatic rings. The molecule has 4 heteroatoms. The smallest absolute Gasteiger partial charge is 0.148 e. The van der Waals surface area contributed by atoms with Gasteiger partial charge < -0.3 is 5.11 Å². The van der Waals surface area contributed by atoms with Gasteiger partial charge in [0.25, 0.3) is 0 Å². The second kappa shape index (κ2) is 11.1. The fourth-order valence-electron chi connectivity index (χ4n) is 6.23. The van der Waals surface area contributed by atoms with Gasteiger partial charge in [-0.05, 0) is 69.5 Å². The maximum absolute atomic E-state index is 11.0. The van der Waals surface area contributed by atoms with Crippen LogP contribution in [0.4, 0.5) is 0 Å². The van der Waals surface area contributed by atoms with E-state index in [-0.39, 0.29) is 5.75 Å². The Labute approximate surface area is 258 Å². The number of aromatic hydroxyl groups is 1. The Hall–Kier alpha value is -5.22. The van der Waals surface area contributed by atoms with Crippen LogP contribution in [0.2, 0.25) is 0 Å². The van der Waals surface area contributed by atoms with Gasteiger partial charge in [0.1, 0.15) is 11.6 Å². The van der Waals surface area contributed by atoms with E-state index in [1.807, 2.05) is 30.5 Å². The van der Waals surface area contributed by atoms with Gasteiger partial charge in [0, 0.05) is 28.9 Å². The fourth-order valence-corrected chi connectivity index (χ4v) is 6.23. The van der Waals surface area contributed by atoms with Crippen molar-refractivity contribution in [1.29, 1.82) is 0 Å². The minimum absolute atomic E-state index is 0.207. The highest BCUT2D eigenvalue weighted by Gasteiger charge is 2.22. The molecule has 0 bridgehead atoms. The summed E-state index contributed by atoms with van der Waals surface area (Å²) in [6, 6.07) is 37.4. The summed E-state index contributed by atoms with van der Waals surface area (Å²) in [5.41, 5.74) is 8.15. The second-order valence-corrected chi connectivity index (χ2v) is 12.1. The third-order valence-corrected chi connectivity index (χ3v) is 8.50. The lowest BCUT2D eigenvalue weighted by molar-refractivity contribution is 0.477. The number of pyridine rings is 1. The van der Waals surface area contributed by atoms with E-state index in [0.717, 1.165) is 49.7 Å². The zero-order chi connectivity index (χ0) is 30.4. The first-order valence-electron chi connectivity index (χ1n) is 15.3. The molecule has 0 aliphatic heterocycles. The molecule has 0 saturated carbocycles. The third-order valence-electron chi connectivity index (χ3n) is 8.50. The number of benzene rings is 5. The summed E-state index contributed by atoms with van der Waals surface area (Å²) in [5.74, 6) is 1.53. The molecule has 5 aromatic carbocycles. The number of imidazole rings is 1. The molecule has 44 heavy (non-hydrogen) atoms. The van der Waals surface area contributed by atoms with Crippen molar-refractivity contribution < 1.29 is 5.11 Å². The lowest BCUT2D eigenvalue weighted by Gasteiger charge is -2.22. The summed E-state index contributed by atoms with van der Waals surface area (Å²) in [6.45, 7) is 8.92. The first-order chi connectivity index (χ1) is 21.4. The molecule has 0 amide bonds. The van der Waals surface area contributed by atoms with Gasteiger partial charge in [0.2, 0.25) is 0 Å². The summed E-state index contributed by atoms with van der Waals surface area (Å²) >= 11 is 0. The van der Waals surface area contributed by atoms with Crippen LogP contribution in [0.25, 0.3) is 61.1 Å². The van der Waals surface area contributed by atoms with E-state index in [2.05, 4.69) is 117 Å². The van der Waals surface area contributed by atoms with Crippen molar-refractivity contribution in [3.05, 3.63) is 133 Å². The molecule has 7 rings (SSSR count). The summed E-state index contributed by atoms with van der Waals surface area (Å²) in [5, 5.41) is 15.6. The molecule has 2 aromatic heterocycles. The number of hydrogen-bond donors (Lipinski definition) is 1. The molecule has 0 unspecified atom stereocenters. The SMILES string of the molecule is CC(C)c1cccc(C(C)C)c1-n1cc(-c2cc(-c3cc4ccccc4cn3)c3ccccc3c2)nc1-c1ccccc1O. The van der Waals surface area contributed by atoms with E-state index in [0.29, 0.717) is 23.2 Å². The van der Waals surface area contributed by atoms with Gasteiger partial charge in [-0.3, -0.25) is 9.55 Å². The number of para-hydroxylation sites is 2. The van der Waals surface area contributed by atoms with Gasteiger partial charge in [0.05, 0.1) is 22.6 Å². The number of hydrogen-bond acceptors (Lipinski definition) is 3. The number of aromatic nitrogens is 3. The molecular weight excluding hydrogens is 538 g/mol. The van der Waals surface area contributed by atoms with E-state index in [1.54, 1.807) is 6.07 Å². The average molecular weight is 574 g/mol. The quantitative estimate of drug-likeness (QED) is 0.215. The molecule has 1 N–H and O–H groups in total. The Morgan fingerprint density at radius 1 is 0.614 bits per heavy atom. The molecule has 0 radical (unpaired) electrons. The molecule has 2 heterocycles. The van der Waals surface area contributed by atoms with Crippen molar-refractivity contribution in [2.75, 3.05) is 0 Å². The molecule has 0 fully saturated rings. The van der Waals surface area contributed by atoms with Crippen molar-refractivity contribution >= 4 is 21.5 Å². The van der Waals surface area contributed by atoms with Crippen LogP contribution in [0.5, 0.6) is 5.75 Å². The topological polar surface area (TPSA) is 50.9 Å². The maximum Gasteiger partial charge on any atom is 0.148 e. The van der Waals surface area contributed by atoms with Crippen LogP contribution in [0.15, 0.2) is 122 Å². The Bertz CT molecular complexity index is 2130. The lowest BCUT2D eigenvalue weighted by atomic mass is 9.92. The predicted octanol–water partition coefficient (Wildman–Crippen LogP) is 10.5. The van der Waals surface area contributed by atoms with E-state index in [1.165, 1.54) is 11.1 Å². The van der Waals surface area contributed by atoms with Gasteiger partial charge in [-0.15, -0.1) is 0 Å². The van der Waals surface area contributed by atoms with E-state index < -0.39 is 0 Å². The predicted molar refractivity (Wildman–Crippen MR) is 183 cm³/mol. The highest BCUT2D eigenvalue weighted by molar-refractivity contribution is 6.00. The van der Waals surface area contributed by atoms with Gasteiger partial charge in [-0.1, -0.05) is 107 Å². The minimum Gasteiger partial charge on any atom is -0.507 e. The Kier molecular flexibility index (Phi) is 6.98. The van der Waals surface area contributed by atoms with Crippen LogP contribution < -0.4 is 0 Å². The average Bonchev–Trinajstić information content (AvgIpc) is 3.48. The van der Waals surface area contributed by atoms with Gasteiger partial charge in [0.15, 0.2) is 0 Å². The standard InChI is InChI=1S/C40H35N3O/c1-25(2)31-17-11-18-32(26(3)4)39(31)43-24-37(42-40(43)34-16-9-10-19-38(34)44)30-20-28-13-7-8-15-33(28)35(21-30)36-22-27-12-5-6-14-29(27)23-41-36/h5-26,44H,1-4H3. The van der Waals surface area contributed by atoms with E-state index in [9.17, 15) is 5.11 Å². The van der Waals surface area contributed by atoms with Crippen molar-refractivity contribution in [1.82, 2.24) is 14.5 Å². The summed E-state index contributed by atoms with van der Waals surface area (Å²) < 4.78 is 2.19. The van der Waals surface area contributed by atoms with Gasteiger partial charge in [-0.2, -0.15) is 0 Å². The third kappa shape index (κ3) is 4.83. The van der Waals surface area contributed by atoms with Crippen LogP contribution in [-0.2, 0) is 0 Å². The van der Waals surface area contributed by atoms with Crippen molar-refractivity contribution in [3.63, 3.8) is 0 Å². The Balaban J connectivity index is 1.51. The van der Waals surface area contributed by atoms with Crippen molar-refractivity contribution in [3.8, 4) is 45.3 Å². The normalized spacial score (nSPS) is 11.7. The highest BCUT2D eigenvalue weighted by atomic mass is 16.3. The first kappa shape index (κ1) is 27.6. The molecule has 0 saturated heterocycles. The fraction of sp³-hybridized carbons (Fsp3) is 0.150. The Morgan fingerprint density at radius 3 is 2.00 bits per heavy atom. The molecule has 0 aliphatic carbocycles. The summed E-state index contributed by atoms with van der Waals surface area (Å²) in [6.07, 6.45) is 4.09. The molecule has 0 spiro atoms. The van der Waals surface area contributed by atoms with Gasteiger partial charge >= 0.3 is 0 Å². The number of rotatable bonds is 6. The first-order valence-corrected chi connectivity index (χ1v) is 15.3. The van der Waals surface area contributed by atoms with E-state index in [4.69, 9.17) is 9.97 Å². The molecule has 4 nitrogen and oxygen atoms in total. The largest absolute Gasteiger partial charge is 0.507 e. The maximum atomic E-state index is 11.0. The molecule has 7 aromatic rings. The van der Waals surface area contributed by atoms with Crippen LogP contribution >= 0.6 is 0 Å². The van der Waals surface area contributed by atoms with Crippen molar-refractivity contribution in [2.24, 2.45) is 0 Å². The monoisotopic (exact) mass is 573 g/mol.